The molecule has 1 fully saturated rings. The van der Waals surface area contributed by atoms with Crippen molar-refractivity contribution >= 4 is 17.1 Å². The molecule has 0 spiro atoms. The molecule has 0 saturated carbocycles. The number of aliphatic hydroxyl groups is 1. The number of hydrogen-bond donors (Lipinski definition) is 2. The van der Waals surface area contributed by atoms with Gasteiger partial charge in [0.15, 0.2) is 0 Å². The highest BCUT2D eigenvalue weighted by Gasteiger charge is 2.26. The zero-order chi connectivity index (χ0) is 13.1. The molecule has 0 aliphatic carbocycles. The van der Waals surface area contributed by atoms with E-state index in [9.17, 15) is 15.2 Å². The van der Waals surface area contributed by atoms with Gasteiger partial charge in [-0.2, -0.15) is 0 Å². The van der Waals surface area contributed by atoms with Crippen LogP contribution >= 0.6 is 0 Å². The van der Waals surface area contributed by atoms with Gasteiger partial charge in [0, 0.05) is 20.1 Å². The minimum Gasteiger partial charge on any atom is -0.391 e. The van der Waals surface area contributed by atoms with E-state index in [0.717, 1.165) is 19.4 Å². The first-order chi connectivity index (χ1) is 8.63. The van der Waals surface area contributed by atoms with Gasteiger partial charge in [-0.05, 0) is 25.0 Å². The van der Waals surface area contributed by atoms with Crippen LogP contribution in [-0.2, 0) is 0 Å². The minimum absolute atomic E-state index is 0.0779. The second-order valence-corrected chi connectivity index (χ2v) is 4.42. The van der Waals surface area contributed by atoms with Crippen molar-refractivity contribution in [2.45, 2.75) is 18.9 Å². The van der Waals surface area contributed by atoms with Crippen molar-refractivity contribution in [1.82, 2.24) is 0 Å². The van der Waals surface area contributed by atoms with Gasteiger partial charge < -0.3 is 15.3 Å². The molecular formula is C12H17N3O3. The van der Waals surface area contributed by atoms with Crippen LogP contribution in [-0.4, -0.2) is 36.3 Å². The highest BCUT2D eigenvalue weighted by Crippen LogP contribution is 2.36. The van der Waals surface area contributed by atoms with Gasteiger partial charge in [-0.15, -0.1) is 0 Å². The van der Waals surface area contributed by atoms with Gasteiger partial charge in [0.2, 0.25) is 0 Å². The first-order valence-electron chi connectivity index (χ1n) is 6.01. The summed E-state index contributed by atoms with van der Waals surface area (Å²) in [5, 5.41) is 23.7. The van der Waals surface area contributed by atoms with Crippen molar-refractivity contribution in [2.24, 2.45) is 0 Å². The topological polar surface area (TPSA) is 78.6 Å². The molecule has 1 unspecified atom stereocenters. The Morgan fingerprint density at radius 2 is 2.33 bits per heavy atom. The number of nitrogens with one attached hydrogen (secondary N) is 1. The lowest BCUT2D eigenvalue weighted by Crippen LogP contribution is -2.38. The molecule has 18 heavy (non-hydrogen) atoms. The number of nitrogens with zero attached hydrogens (tertiary/aromatic N) is 2. The van der Waals surface area contributed by atoms with Crippen LogP contribution < -0.4 is 10.2 Å². The third-order valence-corrected chi connectivity index (χ3v) is 3.20. The van der Waals surface area contributed by atoms with E-state index in [-0.39, 0.29) is 10.6 Å². The molecule has 0 aromatic heterocycles. The summed E-state index contributed by atoms with van der Waals surface area (Å²) in [4.78, 5) is 12.7. The van der Waals surface area contributed by atoms with Gasteiger partial charge in [0.05, 0.1) is 11.0 Å². The summed E-state index contributed by atoms with van der Waals surface area (Å²) >= 11 is 0. The van der Waals surface area contributed by atoms with Crippen LogP contribution in [0.4, 0.5) is 17.1 Å². The van der Waals surface area contributed by atoms with Crippen LogP contribution in [0, 0.1) is 10.1 Å². The van der Waals surface area contributed by atoms with Gasteiger partial charge in [0.25, 0.3) is 0 Å². The van der Waals surface area contributed by atoms with Gasteiger partial charge in [0.1, 0.15) is 11.4 Å². The predicted molar refractivity (Wildman–Crippen MR) is 70.1 cm³/mol. The number of hydrogen-bond acceptors (Lipinski definition) is 5. The molecule has 1 aromatic rings. The Morgan fingerprint density at radius 3 is 2.94 bits per heavy atom. The summed E-state index contributed by atoms with van der Waals surface area (Å²) in [5.41, 5.74) is 1.15. The monoisotopic (exact) mass is 251 g/mol. The minimum atomic E-state index is -0.406. The Balaban J connectivity index is 2.40. The van der Waals surface area contributed by atoms with E-state index in [1.165, 1.54) is 0 Å². The average Bonchev–Trinajstić information content (AvgIpc) is 2.37. The molecule has 2 N–H and O–H groups in total. The number of benzene rings is 1. The van der Waals surface area contributed by atoms with Crippen molar-refractivity contribution < 1.29 is 10.0 Å². The molecule has 2 rings (SSSR count). The first-order valence-corrected chi connectivity index (χ1v) is 6.01. The molecule has 6 heteroatoms. The zero-order valence-electron chi connectivity index (χ0n) is 10.3. The standard InChI is InChI=1S/C12H17N3O3/c1-13-10-5-2-6-11(12(10)15(17)18)14-7-3-4-9(16)8-14/h2,5-6,9,13,16H,3-4,7-8H2,1H3. The van der Waals surface area contributed by atoms with Crippen molar-refractivity contribution in [1.29, 1.82) is 0 Å². The average molecular weight is 251 g/mol. The number of aliphatic hydroxyl groups excluding tert-OH is 1. The molecule has 98 valence electrons. The normalized spacial score (nSPS) is 19.7. The third-order valence-electron chi connectivity index (χ3n) is 3.20. The molecule has 1 aliphatic heterocycles. The molecule has 1 heterocycles. The van der Waals surface area contributed by atoms with E-state index in [4.69, 9.17) is 0 Å². The Bertz CT molecular complexity index is 450. The second kappa shape index (κ2) is 5.22. The van der Waals surface area contributed by atoms with E-state index in [1.54, 1.807) is 25.2 Å². The van der Waals surface area contributed by atoms with Crippen LogP contribution in [0.3, 0.4) is 0 Å². The Hall–Kier alpha value is -1.82. The number of para-hydroxylation sites is 1. The van der Waals surface area contributed by atoms with Crippen molar-refractivity contribution in [3.05, 3.63) is 28.3 Å². The smallest absolute Gasteiger partial charge is 0.315 e. The number of piperidine rings is 1. The van der Waals surface area contributed by atoms with E-state index in [2.05, 4.69) is 5.32 Å². The van der Waals surface area contributed by atoms with E-state index in [0.29, 0.717) is 17.9 Å². The van der Waals surface area contributed by atoms with E-state index >= 15 is 0 Å². The van der Waals surface area contributed by atoms with Crippen LogP contribution in [0.5, 0.6) is 0 Å². The van der Waals surface area contributed by atoms with Gasteiger partial charge in [-0.25, -0.2) is 0 Å². The summed E-state index contributed by atoms with van der Waals surface area (Å²) in [6.07, 6.45) is 1.20. The molecular weight excluding hydrogens is 234 g/mol. The van der Waals surface area contributed by atoms with E-state index in [1.807, 2.05) is 4.90 Å². The fourth-order valence-corrected chi connectivity index (χ4v) is 2.35. The number of nitro benzene ring substituents is 1. The van der Waals surface area contributed by atoms with Gasteiger partial charge >= 0.3 is 5.69 Å². The Morgan fingerprint density at radius 1 is 1.56 bits per heavy atom. The van der Waals surface area contributed by atoms with Gasteiger partial charge in [-0.3, -0.25) is 10.1 Å². The van der Waals surface area contributed by atoms with Crippen molar-refractivity contribution in [3.63, 3.8) is 0 Å². The number of nitro groups is 1. The molecule has 1 aromatic carbocycles. The quantitative estimate of drug-likeness (QED) is 0.630. The fourth-order valence-electron chi connectivity index (χ4n) is 2.35. The molecule has 0 bridgehead atoms. The molecule has 1 saturated heterocycles. The summed E-state index contributed by atoms with van der Waals surface area (Å²) < 4.78 is 0. The predicted octanol–water partition coefficient (Wildman–Crippen LogP) is 1.60. The van der Waals surface area contributed by atoms with Crippen LogP contribution in [0.2, 0.25) is 0 Å². The van der Waals surface area contributed by atoms with E-state index < -0.39 is 6.10 Å². The number of rotatable bonds is 3. The molecule has 6 nitrogen and oxygen atoms in total. The molecule has 1 aliphatic rings. The Labute approximate surface area is 105 Å². The lowest BCUT2D eigenvalue weighted by Gasteiger charge is -2.31. The Kier molecular flexibility index (Phi) is 3.66. The lowest BCUT2D eigenvalue weighted by molar-refractivity contribution is -0.383. The highest BCUT2D eigenvalue weighted by atomic mass is 16.6. The highest BCUT2D eigenvalue weighted by molar-refractivity contribution is 5.77. The maximum Gasteiger partial charge on any atom is 0.315 e. The molecule has 0 amide bonds. The molecule has 0 radical (unpaired) electrons. The van der Waals surface area contributed by atoms with Crippen molar-refractivity contribution in [2.75, 3.05) is 30.4 Å². The van der Waals surface area contributed by atoms with Gasteiger partial charge in [-0.1, -0.05) is 6.07 Å². The first kappa shape index (κ1) is 12.6. The second-order valence-electron chi connectivity index (χ2n) is 4.42. The van der Waals surface area contributed by atoms with Crippen LogP contribution in [0.25, 0.3) is 0 Å². The summed E-state index contributed by atoms with van der Waals surface area (Å²) in [7, 11) is 1.66. The van der Waals surface area contributed by atoms with Crippen LogP contribution in [0.15, 0.2) is 18.2 Å². The maximum absolute atomic E-state index is 11.2. The third kappa shape index (κ3) is 2.38. The SMILES string of the molecule is CNc1cccc(N2CCCC(O)C2)c1[N+](=O)[O-]. The summed E-state index contributed by atoms with van der Waals surface area (Å²) in [6.45, 7) is 1.19. The maximum atomic E-state index is 11.2. The summed E-state index contributed by atoms with van der Waals surface area (Å²) in [6, 6.07) is 5.20. The molecule has 1 atom stereocenters. The fraction of sp³-hybridized carbons (Fsp3) is 0.500. The largest absolute Gasteiger partial charge is 0.391 e. The van der Waals surface area contributed by atoms with Crippen LogP contribution in [0.1, 0.15) is 12.8 Å². The summed E-state index contributed by atoms with van der Waals surface area (Å²) in [5.74, 6) is 0. The number of anilines is 2. The zero-order valence-corrected chi connectivity index (χ0v) is 10.3. The lowest BCUT2D eigenvalue weighted by atomic mass is 10.1. The van der Waals surface area contributed by atoms with Crippen molar-refractivity contribution in [3.8, 4) is 0 Å². The number of β-amino-alcohol motifs (C(OH)–C–C–N with tert-alkyl or cyclic N) is 1.